The van der Waals surface area contributed by atoms with Crippen LogP contribution in [0.15, 0.2) is 6.07 Å². The average molecular weight is 208 g/mol. The van der Waals surface area contributed by atoms with Crippen molar-refractivity contribution < 1.29 is 23.1 Å². The number of nitrogens with zero attached hydrogens (tertiary/aromatic N) is 2. The minimum Gasteiger partial charge on any atom is -0.481 e. The molecule has 0 bridgehead atoms. The van der Waals surface area contributed by atoms with E-state index in [0.29, 0.717) is 4.68 Å². The molecular formula is C7H7F3N2O2. The molecule has 0 saturated carbocycles. The minimum absolute atomic E-state index is 0.104. The number of rotatable bonds is 2. The van der Waals surface area contributed by atoms with E-state index < -0.39 is 24.3 Å². The molecular weight excluding hydrogens is 201 g/mol. The van der Waals surface area contributed by atoms with E-state index in [0.717, 1.165) is 13.1 Å². The zero-order valence-corrected chi connectivity index (χ0v) is 7.17. The number of aliphatic carboxylic acids is 1. The number of alkyl halides is 3. The van der Waals surface area contributed by atoms with E-state index in [1.54, 1.807) is 0 Å². The molecule has 14 heavy (non-hydrogen) atoms. The van der Waals surface area contributed by atoms with Crippen molar-refractivity contribution in [1.29, 1.82) is 0 Å². The van der Waals surface area contributed by atoms with Crippen LogP contribution in [0.4, 0.5) is 13.2 Å². The van der Waals surface area contributed by atoms with Gasteiger partial charge in [0.15, 0.2) is 0 Å². The van der Waals surface area contributed by atoms with Gasteiger partial charge in [0.05, 0.1) is 12.1 Å². The predicted octanol–water partition coefficient (Wildman–Crippen LogP) is 1.07. The van der Waals surface area contributed by atoms with Crippen molar-refractivity contribution in [3.63, 3.8) is 0 Å². The zero-order valence-electron chi connectivity index (χ0n) is 7.17. The second kappa shape index (κ2) is 3.32. The SMILES string of the molecule is Cn1nc(CC(=O)O)cc1C(F)(F)F. The molecule has 0 aliphatic heterocycles. The molecule has 7 heteroatoms. The molecule has 4 nitrogen and oxygen atoms in total. The lowest BCUT2D eigenvalue weighted by Crippen LogP contribution is -2.11. The van der Waals surface area contributed by atoms with Gasteiger partial charge in [0.25, 0.3) is 0 Å². The highest BCUT2D eigenvalue weighted by Crippen LogP contribution is 2.29. The summed E-state index contributed by atoms with van der Waals surface area (Å²) in [7, 11) is 1.12. The van der Waals surface area contributed by atoms with Gasteiger partial charge in [0.2, 0.25) is 0 Å². The quantitative estimate of drug-likeness (QED) is 0.790. The summed E-state index contributed by atoms with van der Waals surface area (Å²) in [5.74, 6) is -1.21. The van der Waals surface area contributed by atoms with Crippen LogP contribution in [-0.4, -0.2) is 20.9 Å². The maximum Gasteiger partial charge on any atom is 0.433 e. The van der Waals surface area contributed by atoms with E-state index in [9.17, 15) is 18.0 Å². The summed E-state index contributed by atoms with van der Waals surface area (Å²) in [5, 5.41) is 11.8. The molecule has 78 valence electrons. The van der Waals surface area contributed by atoms with Crippen molar-refractivity contribution in [2.75, 3.05) is 0 Å². The van der Waals surface area contributed by atoms with Gasteiger partial charge in [-0.2, -0.15) is 18.3 Å². The van der Waals surface area contributed by atoms with Gasteiger partial charge in [0.1, 0.15) is 5.69 Å². The second-order valence-corrected chi connectivity index (χ2v) is 2.71. The molecule has 1 rings (SSSR count). The van der Waals surface area contributed by atoms with E-state index in [4.69, 9.17) is 5.11 Å². The van der Waals surface area contributed by atoms with E-state index >= 15 is 0 Å². The van der Waals surface area contributed by atoms with Crippen LogP contribution in [0.2, 0.25) is 0 Å². The van der Waals surface area contributed by atoms with Crippen LogP contribution in [0.25, 0.3) is 0 Å². The van der Waals surface area contributed by atoms with Crippen LogP contribution >= 0.6 is 0 Å². The van der Waals surface area contributed by atoms with Crippen molar-refractivity contribution >= 4 is 5.97 Å². The Morgan fingerprint density at radius 1 is 1.64 bits per heavy atom. The molecule has 0 amide bonds. The second-order valence-electron chi connectivity index (χ2n) is 2.71. The average Bonchev–Trinajstić information content (AvgIpc) is 2.27. The molecule has 0 aromatic carbocycles. The highest BCUT2D eigenvalue weighted by Gasteiger charge is 2.34. The lowest BCUT2D eigenvalue weighted by atomic mass is 10.3. The maximum absolute atomic E-state index is 12.2. The molecule has 0 aliphatic rings. The van der Waals surface area contributed by atoms with E-state index in [2.05, 4.69) is 5.10 Å². The van der Waals surface area contributed by atoms with Crippen LogP contribution in [-0.2, 0) is 24.4 Å². The number of carbonyl (C=O) groups is 1. The Hall–Kier alpha value is -1.53. The number of carboxylic acids is 1. The number of carboxylic acid groups (broad SMARTS) is 1. The Labute approximate surface area is 77.0 Å². The van der Waals surface area contributed by atoms with Crippen molar-refractivity contribution in [3.05, 3.63) is 17.5 Å². The lowest BCUT2D eigenvalue weighted by molar-refractivity contribution is -0.143. The Morgan fingerprint density at radius 2 is 2.21 bits per heavy atom. The van der Waals surface area contributed by atoms with Crippen molar-refractivity contribution in [2.24, 2.45) is 7.05 Å². The van der Waals surface area contributed by atoms with Gasteiger partial charge in [-0.15, -0.1) is 0 Å². The number of halogens is 3. The fourth-order valence-corrected chi connectivity index (χ4v) is 1.03. The molecule has 0 unspecified atom stereocenters. The fourth-order valence-electron chi connectivity index (χ4n) is 1.03. The van der Waals surface area contributed by atoms with Crippen LogP contribution in [0.1, 0.15) is 11.4 Å². The normalized spacial score (nSPS) is 11.7. The summed E-state index contributed by atoms with van der Waals surface area (Å²) in [6, 6.07) is 0.730. The molecule has 1 heterocycles. The third kappa shape index (κ3) is 2.24. The highest BCUT2D eigenvalue weighted by molar-refractivity contribution is 5.69. The number of hydrogen-bond donors (Lipinski definition) is 1. The predicted molar refractivity (Wildman–Crippen MR) is 39.5 cm³/mol. The first kappa shape index (κ1) is 10.6. The summed E-state index contributed by atoms with van der Waals surface area (Å²) in [6.07, 6.45) is -5.01. The number of aromatic nitrogens is 2. The van der Waals surface area contributed by atoms with Crippen LogP contribution < -0.4 is 0 Å². The van der Waals surface area contributed by atoms with Crippen LogP contribution in [0, 0.1) is 0 Å². The van der Waals surface area contributed by atoms with Gasteiger partial charge in [-0.05, 0) is 6.07 Å². The van der Waals surface area contributed by atoms with Crippen molar-refractivity contribution in [1.82, 2.24) is 9.78 Å². The molecule has 0 fully saturated rings. The first-order valence-electron chi connectivity index (χ1n) is 3.62. The molecule has 0 radical (unpaired) electrons. The summed E-state index contributed by atoms with van der Waals surface area (Å²) in [5.41, 5.74) is -1.05. The Bertz CT molecular complexity index is 356. The topological polar surface area (TPSA) is 55.1 Å². The monoisotopic (exact) mass is 208 g/mol. The van der Waals surface area contributed by atoms with E-state index in [-0.39, 0.29) is 5.69 Å². The molecule has 0 aliphatic carbocycles. The molecule has 0 spiro atoms. The Morgan fingerprint density at radius 3 is 2.57 bits per heavy atom. The molecule has 1 N–H and O–H groups in total. The van der Waals surface area contributed by atoms with Gasteiger partial charge in [-0.1, -0.05) is 0 Å². The smallest absolute Gasteiger partial charge is 0.433 e. The van der Waals surface area contributed by atoms with Gasteiger partial charge >= 0.3 is 12.1 Å². The first-order valence-corrected chi connectivity index (χ1v) is 3.62. The first-order chi connectivity index (χ1) is 6.30. The third-order valence-corrected chi connectivity index (χ3v) is 1.55. The van der Waals surface area contributed by atoms with Gasteiger partial charge < -0.3 is 5.11 Å². The number of aryl methyl sites for hydroxylation is 1. The molecule has 0 saturated heterocycles. The summed E-state index contributed by atoms with van der Waals surface area (Å²) >= 11 is 0. The minimum atomic E-state index is -4.50. The van der Waals surface area contributed by atoms with Gasteiger partial charge in [0, 0.05) is 7.05 Å². The maximum atomic E-state index is 12.2. The molecule has 1 aromatic rings. The van der Waals surface area contributed by atoms with E-state index in [1.165, 1.54) is 0 Å². The summed E-state index contributed by atoms with van der Waals surface area (Å²) in [4.78, 5) is 10.2. The fraction of sp³-hybridized carbons (Fsp3) is 0.429. The standard InChI is InChI=1S/C7H7F3N2O2/c1-12-5(7(8,9)10)2-4(11-12)3-6(13)14/h2H,3H2,1H3,(H,13,14). The van der Waals surface area contributed by atoms with Gasteiger partial charge in [-0.25, -0.2) is 0 Å². The Balaban J connectivity index is 2.99. The Kier molecular flexibility index (Phi) is 2.50. The summed E-state index contributed by atoms with van der Waals surface area (Å²) in [6.45, 7) is 0. The van der Waals surface area contributed by atoms with Crippen LogP contribution in [0.5, 0.6) is 0 Å². The molecule has 0 atom stereocenters. The number of hydrogen-bond acceptors (Lipinski definition) is 2. The van der Waals surface area contributed by atoms with E-state index in [1.807, 2.05) is 0 Å². The lowest BCUT2D eigenvalue weighted by Gasteiger charge is -2.04. The zero-order chi connectivity index (χ0) is 10.9. The van der Waals surface area contributed by atoms with Crippen molar-refractivity contribution in [2.45, 2.75) is 12.6 Å². The van der Waals surface area contributed by atoms with Gasteiger partial charge in [-0.3, -0.25) is 9.48 Å². The van der Waals surface area contributed by atoms with Crippen molar-refractivity contribution in [3.8, 4) is 0 Å². The largest absolute Gasteiger partial charge is 0.481 e. The summed E-state index contributed by atoms with van der Waals surface area (Å²) < 4.78 is 37.2. The van der Waals surface area contributed by atoms with Crippen LogP contribution in [0.3, 0.4) is 0 Å². The molecule has 1 aromatic heterocycles. The highest BCUT2D eigenvalue weighted by atomic mass is 19.4. The third-order valence-electron chi connectivity index (χ3n) is 1.55.